The number of carbonyl (C=O) groups excluding carboxylic acids is 2. The molecule has 1 aromatic heterocycles. The molecule has 1 atom stereocenters. The Morgan fingerprint density at radius 1 is 0.744 bits per heavy atom. The largest absolute Gasteiger partial charge is 0.333 e. The molecule has 0 saturated heterocycles. The van der Waals surface area contributed by atoms with Gasteiger partial charge in [0.15, 0.2) is 0 Å². The predicted molar refractivity (Wildman–Crippen MR) is 172 cm³/mol. The van der Waals surface area contributed by atoms with Crippen molar-refractivity contribution >= 4 is 17.5 Å². The van der Waals surface area contributed by atoms with E-state index in [-0.39, 0.29) is 24.4 Å². The summed E-state index contributed by atoms with van der Waals surface area (Å²) in [5.41, 5.74) is 6.86. The van der Waals surface area contributed by atoms with Gasteiger partial charge in [-0.05, 0) is 54.3 Å². The Labute approximate surface area is 254 Å². The van der Waals surface area contributed by atoms with Crippen molar-refractivity contribution in [2.24, 2.45) is 0 Å². The summed E-state index contributed by atoms with van der Waals surface area (Å²) in [6, 6.07) is 40.0. The fraction of sp³-hybridized carbons (Fsp3) is 0.211. The van der Waals surface area contributed by atoms with Crippen molar-refractivity contribution in [3.8, 4) is 5.69 Å². The van der Waals surface area contributed by atoms with Crippen LogP contribution in [0, 0.1) is 6.92 Å². The first kappa shape index (κ1) is 28.2. The maximum Gasteiger partial charge on any atom is 0.247 e. The van der Waals surface area contributed by atoms with Crippen LogP contribution in [0.3, 0.4) is 0 Å². The third-order valence-electron chi connectivity index (χ3n) is 8.31. The van der Waals surface area contributed by atoms with E-state index in [1.807, 2.05) is 95.9 Å². The van der Waals surface area contributed by atoms with Gasteiger partial charge >= 0.3 is 0 Å². The first-order valence-corrected chi connectivity index (χ1v) is 15.1. The first-order chi connectivity index (χ1) is 21.1. The van der Waals surface area contributed by atoms with Gasteiger partial charge in [-0.2, -0.15) is 0 Å². The molecule has 5 aromatic rings. The van der Waals surface area contributed by atoms with E-state index in [1.165, 1.54) is 0 Å². The van der Waals surface area contributed by atoms with Gasteiger partial charge in [-0.1, -0.05) is 116 Å². The molecular formula is C38H37N3O2. The number of amides is 2. The second-order valence-corrected chi connectivity index (χ2v) is 11.2. The third kappa shape index (κ3) is 5.63. The zero-order chi connectivity index (χ0) is 29.8. The van der Waals surface area contributed by atoms with Crippen LogP contribution in [-0.2, 0) is 9.59 Å². The van der Waals surface area contributed by atoms with E-state index < -0.39 is 5.92 Å². The molecule has 5 heteroatoms. The molecule has 5 nitrogen and oxygen atoms in total. The van der Waals surface area contributed by atoms with E-state index >= 15 is 0 Å². The number of fused-ring (bicyclic) bond motifs is 3. The average Bonchev–Trinajstić information content (AvgIpc) is 3.54. The number of hydrogen-bond donors (Lipinski definition) is 0. The molecule has 1 aliphatic heterocycles. The molecule has 216 valence electrons. The fourth-order valence-corrected chi connectivity index (χ4v) is 6.13. The summed E-state index contributed by atoms with van der Waals surface area (Å²) < 4.78 is 2.17. The predicted octanol–water partition coefficient (Wildman–Crippen LogP) is 7.68. The summed E-state index contributed by atoms with van der Waals surface area (Å²) in [5.74, 6) is -0.652. The van der Waals surface area contributed by atoms with Crippen molar-refractivity contribution in [1.29, 1.82) is 0 Å². The van der Waals surface area contributed by atoms with Crippen LogP contribution >= 0.6 is 0 Å². The van der Waals surface area contributed by atoms with Gasteiger partial charge in [0, 0.05) is 12.7 Å². The first-order valence-electron chi connectivity index (χ1n) is 15.1. The zero-order valence-electron chi connectivity index (χ0n) is 24.8. The van der Waals surface area contributed by atoms with Gasteiger partial charge in [-0.15, -0.1) is 0 Å². The molecule has 2 heterocycles. The molecule has 4 aromatic carbocycles. The highest BCUT2D eigenvalue weighted by molar-refractivity contribution is 6.01. The molecule has 0 N–H and O–H groups in total. The van der Waals surface area contributed by atoms with Gasteiger partial charge in [0.25, 0.3) is 0 Å². The molecule has 0 bridgehead atoms. The third-order valence-corrected chi connectivity index (χ3v) is 8.31. The van der Waals surface area contributed by atoms with E-state index in [0.717, 1.165) is 52.2 Å². The topological polar surface area (TPSA) is 45.6 Å². The highest BCUT2D eigenvalue weighted by Crippen LogP contribution is 2.42. The second kappa shape index (κ2) is 12.5. The zero-order valence-corrected chi connectivity index (χ0v) is 24.8. The fourth-order valence-electron chi connectivity index (χ4n) is 6.13. The number of aromatic nitrogens is 1. The maximum atomic E-state index is 14.6. The van der Waals surface area contributed by atoms with Crippen LogP contribution in [0.25, 0.3) is 5.69 Å². The smallest absolute Gasteiger partial charge is 0.247 e. The van der Waals surface area contributed by atoms with Crippen molar-refractivity contribution in [3.05, 3.63) is 155 Å². The number of anilines is 1. The molecule has 0 spiro atoms. The van der Waals surface area contributed by atoms with E-state index in [2.05, 4.69) is 54.9 Å². The van der Waals surface area contributed by atoms with Gasteiger partial charge < -0.3 is 9.47 Å². The SMILES string of the molecule is CCCCN(CC(=O)N1c2ccccc2-n2cccc2[C@H]1c1ccc(C)cc1)C(=O)C(c1ccccc1)c1ccccc1. The monoisotopic (exact) mass is 567 g/mol. The molecule has 0 saturated carbocycles. The minimum atomic E-state index is -0.495. The Morgan fingerprint density at radius 3 is 1.98 bits per heavy atom. The number of hydrogen-bond acceptors (Lipinski definition) is 2. The summed E-state index contributed by atoms with van der Waals surface area (Å²) in [6.07, 6.45) is 3.79. The quantitative estimate of drug-likeness (QED) is 0.183. The minimum Gasteiger partial charge on any atom is -0.333 e. The molecule has 0 radical (unpaired) electrons. The summed E-state index contributed by atoms with van der Waals surface area (Å²) in [7, 11) is 0. The summed E-state index contributed by atoms with van der Waals surface area (Å²) >= 11 is 0. The lowest BCUT2D eigenvalue weighted by Gasteiger charge is -2.40. The summed E-state index contributed by atoms with van der Waals surface area (Å²) in [6.45, 7) is 4.68. The molecule has 2 amide bonds. The summed E-state index contributed by atoms with van der Waals surface area (Å²) in [4.78, 5) is 32.8. The number of para-hydroxylation sites is 2. The van der Waals surface area contributed by atoms with E-state index in [4.69, 9.17) is 0 Å². The van der Waals surface area contributed by atoms with Crippen molar-refractivity contribution in [2.45, 2.75) is 38.6 Å². The van der Waals surface area contributed by atoms with E-state index in [1.54, 1.807) is 4.90 Å². The molecule has 0 unspecified atom stereocenters. The van der Waals surface area contributed by atoms with Crippen LogP contribution < -0.4 is 4.90 Å². The Morgan fingerprint density at radius 2 is 1.35 bits per heavy atom. The molecule has 43 heavy (non-hydrogen) atoms. The van der Waals surface area contributed by atoms with E-state index in [9.17, 15) is 9.59 Å². The van der Waals surface area contributed by atoms with Gasteiger partial charge in [-0.3, -0.25) is 14.5 Å². The van der Waals surface area contributed by atoms with Gasteiger partial charge in [-0.25, -0.2) is 0 Å². The number of aryl methyl sites for hydroxylation is 1. The van der Waals surface area contributed by atoms with Crippen LogP contribution in [0.1, 0.15) is 59.7 Å². The molecule has 0 aliphatic carbocycles. The summed E-state index contributed by atoms with van der Waals surface area (Å²) in [5, 5.41) is 0. The van der Waals surface area contributed by atoms with Crippen LogP contribution in [0.4, 0.5) is 5.69 Å². The van der Waals surface area contributed by atoms with Gasteiger partial charge in [0.1, 0.15) is 12.6 Å². The number of benzene rings is 4. The standard InChI is InChI=1S/C38H37N3O2/c1-3-4-25-39(38(43)36(29-14-7-5-8-15-29)30-16-9-6-10-17-30)27-35(42)41-33-19-12-11-18-32(33)40-26-13-20-34(40)37(41)31-23-21-28(2)22-24-31/h5-24,26,36-37H,3-4,25,27H2,1-2H3/t37-/m1/s1. The lowest BCUT2D eigenvalue weighted by Crippen LogP contribution is -2.48. The van der Waals surface area contributed by atoms with Crippen LogP contribution in [0.15, 0.2) is 128 Å². The highest BCUT2D eigenvalue weighted by atomic mass is 16.2. The highest BCUT2D eigenvalue weighted by Gasteiger charge is 2.38. The Kier molecular flexibility index (Phi) is 8.23. The van der Waals surface area contributed by atoms with Crippen molar-refractivity contribution < 1.29 is 9.59 Å². The molecule has 6 rings (SSSR count). The molecule has 0 fully saturated rings. The lowest BCUT2D eigenvalue weighted by molar-refractivity contribution is -0.136. The number of unbranched alkanes of at least 4 members (excludes halogenated alkanes) is 1. The molecule has 1 aliphatic rings. The van der Waals surface area contributed by atoms with Crippen LogP contribution in [0.2, 0.25) is 0 Å². The van der Waals surface area contributed by atoms with Crippen molar-refractivity contribution in [3.63, 3.8) is 0 Å². The number of carbonyl (C=O) groups is 2. The van der Waals surface area contributed by atoms with Crippen LogP contribution in [-0.4, -0.2) is 34.4 Å². The van der Waals surface area contributed by atoms with Crippen LogP contribution in [0.5, 0.6) is 0 Å². The molecular weight excluding hydrogens is 530 g/mol. The maximum absolute atomic E-state index is 14.6. The Bertz CT molecular complexity index is 1650. The second-order valence-electron chi connectivity index (χ2n) is 11.2. The van der Waals surface area contributed by atoms with Gasteiger partial charge in [0.2, 0.25) is 11.8 Å². The number of rotatable bonds is 9. The number of nitrogens with zero attached hydrogens (tertiary/aromatic N) is 3. The van der Waals surface area contributed by atoms with Crippen molar-refractivity contribution in [2.75, 3.05) is 18.0 Å². The van der Waals surface area contributed by atoms with Gasteiger partial charge in [0.05, 0.1) is 23.0 Å². The normalized spacial score (nSPS) is 13.8. The lowest BCUT2D eigenvalue weighted by atomic mass is 9.90. The Balaban J connectivity index is 1.40. The minimum absolute atomic E-state index is 0.00754. The Hall–Kier alpha value is -4.90. The van der Waals surface area contributed by atoms with E-state index in [0.29, 0.717) is 6.54 Å². The average molecular weight is 568 g/mol. The van der Waals surface area contributed by atoms with Crippen molar-refractivity contribution in [1.82, 2.24) is 9.47 Å².